The molecule has 1 spiro atoms. The van der Waals surface area contributed by atoms with Crippen LogP contribution in [0.15, 0.2) is 54.3 Å². The molecule has 2 aromatic rings. The molecule has 0 N–H and O–H groups in total. The molecule has 0 bridgehead atoms. The van der Waals surface area contributed by atoms with Crippen molar-refractivity contribution < 1.29 is 13.6 Å². The molecule has 0 atom stereocenters. The van der Waals surface area contributed by atoms with Crippen molar-refractivity contribution in [3.8, 4) is 11.5 Å². The molecule has 2 heterocycles. The van der Waals surface area contributed by atoms with Gasteiger partial charge in [0, 0.05) is 0 Å². The topological polar surface area (TPSA) is 27.7 Å². The van der Waals surface area contributed by atoms with Gasteiger partial charge in [0.25, 0.3) is 0 Å². The summed E-state index contributed by atoms with van der Waals surface area (Å²) in [7, 11) is -3.42. The molecule has 0 aliphatic carbocycles. The van der Waals surface area contributed by atoms with Crippen molar-refractivity contribution in [3.05, 3.63) is 65.4 Å². The zero-order valence-corrected chi connectivity index (χ0v) is 13.9. The molecule has 0 saturated heterocycles. The van der Waals surface area contributed by atoms with Gasteiger partial charge in [-0.1, -0.05) is 0 Å². The molecule has 2 aromatic carbocycles. The van der Waals surface area contributed by atoms with Crippen molar-refractivity contribution >= 4 is 12.6 Å². The molecule has 22 heavy (non-hydrogen) atoms. The molecule has 0 aromatic heterocycles. The molecule has 2 aliphatic heterocycles. The van der Waals surface area contributed by atoms with Gasteiger partial charge in [0.1, 0.15) is 0 Å². The average molecular weight is 314 g/mol. The molecular weight excluding hydrogens is 295 g/mol. The van der Waals surface area contributed by atoms with E-state index in [0.717, 1.165) is 28.1 Å². The second-order valence-electron chi connectivity index (χ2n) is 6.05. The van der Waals surface area contributed by atoms with Crippen LogP contribution in [-0.4, -0.2) is 6.16 Å². The van der Waals surface area contributed by atoms with Crippen LogP contribution in [0.2, 0.25) is 0 Å². The molecule has 0 fully saturated rings. The first-order valence-electron chi connectivity index (χ1n) is 7.46. The Kier molecular flexibility index (Phi) is 2.65. The fourth-order valence-corrected chi connectivity index (χ4v) is 7.58. The van der Waals surface area contributed by atoms with E-state index < -0.39 is 7.28 Å². The summed E-state index contributed by atoms with van der Waals surface area (Å²) in [5, 5.41) is 1.04. The summed E-state index contributed by atoms with van der Waals surface area (Å²) in [6, 6.07) is 14.1. The van der Waals surface area contributed by atoms with Crippen LogP contribution >= 0.6 is 7.28 Å². The number of rotatable bonds is 1. The average Bonchev–Trinajstić information content (AvgIpc) is 2.97. The summed E-state index contributed by atoms with van der Waals surface area (Å²) >= 11 is 0. The van der Waals surface area contributed by atoms with Crippen molar-refractivity contribution in [2.24, 2.45) is 0 Å². The zero-order chi connectivity index (χ0) is 15.4. The first kappa shape index (κ1) is 13.7. The molecule has 0 saturated carbocycles. The minimum atomic E-state index is -3.42. The molecule has 0 unspecified atom stereocenters. The van der Waals surface area contributed by atoms with Gasteiger partial charge in [-0.3, -0.25) is 0 Å². The van der Waals surface area contributed by atoms with Crippen molar-refractivity contribution in [1.29, 1.82) is 0 Å². The predicted octanol–water partition coefficient (Wildman–Crippen LogP) is 4.63. The number of allylic oxidation sites excluding steroid dienone is 2. The van der Waals surface area contributed by atoms with Crippen LogP contribution in [0.4, 0.5) is 0 Å². The number of aryl methyl sites for hydroxylation is 2. The van der Waals surface area contributed by atoms with Crippen molar-refractivity contribution in [1.82, 2.24) is 0 Å². The Morgan fingerprint density at radius 2 is 1.55 bits per heavy atom. The van der Waals surface area contributed by atoms with E-state index in [4.69, 9.17) is 13.6 Å². The molecule has 2 aliphatic rings. The van der Waals surface area contributed by atoms with Crippen molar-refractivity contribution in [3.63, 3.8) is 0 Å². The van der Waals surface area contributed by atoms with E-state index in [0.29, 0.717) is 6.16 Å². The third kappa shape index (κ3) is 1.72. The maximum absolute atomic E-state index is 6.45. The summed E-state index contributed by atoms with van der Waals surface area (Å²) in [6.07, 6.45) is 2.72. The Labute approximate surface area is 130 Å². The third-order valence-electron chi connectivity index (χ3n) is 4.26. The van der Waals surface area contributed by atoms with Gasteiger partial charge < -0.3 is 0 Å². The van der Waals surface area contributed by atoms with Gasteiger partial charge in [-0.15, -0.1) is 0 Å². The van der Waals surface area contributed by atoms with E-state index in [9.17, 15) is 0 Å². The Bertz CT molecular complexity index is 785. The van der Waals surface area contributed by atoms with Gasteiger partial charge in [-0.2, -0.15) is 0 Å². The fraction of sp³-hybridized carbons (Fsp3) is 0.222. The van der Waals surface area contributed by atoms with Crippen LogP contribution in [0.5, 0.6) is 11.5 Å². The van der Waals surface area contributed by atoms with Gasteiger partial charge in [-0.05, 0) is 0 Å². The molecule has 0 amide bonds. The molecule has 4 heteroatoms. The van der Waals surface area contributed by atoms with E-state index >= 15 is 0 Å². The first-order valence-corrected chi connectivity index (χ1v) is 9.64. The Balaban J connectivity index is 1.94. The van der Waals surface area contributed by atoms with Gasteiger partial charge >= 0.3 is 130 Å². The number of hydrogen-bond donors (Lipinski definition) is 0. The summed E-state index contributed by atoms with van der Waals surface area (Å²) in [5.41, 5.74) is 2.37. The number of fused-ring (bicyclic) bond motifs is 1. The van der Waals surface area contributed by atoms with Crippen LogP contribution in [0, 0.1) is 13.8 Å². The first-order chi connectivity index (χ1) is 10.5. The number of hydrogen-bond acceptors (Lipinski definition) is 3. The zero-order valence-electron chi connectivity index (χ0n) is 13.0. The summed E-state index contributed by atoms with van der Waals surface area (Å²) in [5.74, 6) is 2.40. The Morgan fingerprint density at radius 3 is 2.09 bits per heavy atom. The molecular formula is C18H19O3P. The summed E-state index contributed by atoms with van der Waals surface area (Å²) < 4.78 is 19.2. The second kappa shape index (κ2) is 4.27. The van der Waals surface area contributed by atoms with E-state index in [1.165, 1.54) is 5.56 Å². The molecule has 114 valence electrons. The van der Waals surface area contributed by atoms with Crippen molar-refractivity contribution in [2.45, 2.75) is 20.8 Å². The van der Waals surface area contributed by atoms with E-state index in [1.54, 1.807) is 0 Å². The normalized spacial score (nSPS) is 21.8. The minimum absolute atomic E-state index is 0.649. The van der Waals surface area contributed by atoms with Gasteiger partial charge in [0.15, 0.2) is 0 Å². The van der Waals surface area contributed by atoms with E-state index in [2.05, 4.69) is 38.1 Å². The van der Waals surface area contributed by atoms with Crippen LogP contribution in [-0.2, 0) is 4.52 Å². The fourth-order valence-electron chi connectivity index (χ4n) is 3.32. The van der Waals surface area contributed by atoms with Crippen LogP contribution in [0.3, 0.4) is 0 Å². The summed E-state index contributed by atoms with van der Waals surface area (Å²) in [4.78, 5) is 0. The molecule has 0 radical (unpaired) electrons. The second-order valence-corrected chi connectivity index (χ2v) is 9.53. The van der Waals surface area contributed by atoms with E-state index in [-0.39, 0.29) is 0 Å². The van der Waals surface area contributed by atoms with Crippen molar-refractivity contribution in [2.75, 3.05) is 6.16 Å². The monoisotopic (exact) mass is 314 g/mol. The van der Waals surface area contributed by atoms with Gasteiger partial charge in [0.2, 0.25) is 0 Å². The SMILES string of the molecule is CC1=CCP2(c3ccc(C)cc3C)(O1)Oc1ccccc1O2. The predicted molar refractivity (Wildman–Crippen MR) is 89.9 cm³/mol. The maximum atomic E-state index is 6.45. The standard InChI is InChI=1S/C18H19O3P/c1-13-8-9-18(14(2)12-13)22(11-10-15(3)19-22)20-16-6-4-5-7-17(16)21-22/h4-10,12H,11H2,1-3H3. The van der Waals surface area contributed by atoms with Crippen LogP contribution < -0.4 is 14.4 Å². The Hall–Kier alpha value is -1.99. The number of para-hydroxylation sites is 2. The third-order valence-corrected chi connectivity index (χ3v) is 8.29. The number of benzene rings is 2. The Morgan fingerprint density at radius 1 is 0.864 bits per heavy atom. The summed E-state index contributed by atoms with van der Waals surface area (Å²) in [6.45, 7) is 6.14. The van der Waals surface area contributed by atoms with Gasteiger partial charge in [0.05, 0.1) is 0 Å². The quantitative estimate of drug-likeness (QED) is 0.718. The van der Waals surface area contributed by atoms with Crippen LogP contribution in [0.25, 0.3) is 0 Å². The van der Waals surface area contributed by atoms with E-state index in [1.807, 2.05) is 31.2 Å². The molecule has 4 rings (SSSR count). The van der Waals surface area contributed by atoms with Crippen LogP contribution in [0.1, 0.15) is 18.1 Å². The molecule has 3 nitrogen and oxygen atoms in total. The van der Waals surface area contributed by atoms with Gasteiger partial charge in [-0.25, -0.2) is 0 Å².